The number of aryl methyl sites for hydroxylation is 1. The van der Waals surface area contributed by atoms with Gasteiger partial charge in [-0.1, -0.05) is 19.1 Å². The molecule has 1 N–H and O–H groups in total. The maximum Gasteiger partial charge on any atom is 0.343 e. The van der Waals surface area contributed by atoms with Crippen LogP contribution in [0.25, 0.3) is 0 Å². The third kappa shape index (κ3) is 7.81. The standard InChI is InChI=1S/C26H26N2O5/c1-3-15-31-22-13-9-21(10-14-22)26(30)33-23-11-7-20(8-12-23)17-27-28-25(29)18-32-24-6-4-5-19(2)16-24/h4-14,16-17H,3,15,18H2,1-2H3,(H,28,29). The van der Waals surface area contributed by atoms with Gasteiger partial charge >= 0.3 is 5.97 Å². The van der Waals surface area contributed by atoms with Crippen molar-refractivity contribution in [3.8, 4) is 17.2 Å². The maximum absolute atomic E-state index is 12.3. The fraction of sp³-hybridized carbons (Fsp3) is 0.192. The second-order valence-electron chi connectivity index (χ2n) is 7.23. The molecule has 0 bridgehead atoms. The normalized spacial score (nSPS) is 10.6. The molecule has 3 aromatic rings. The molecule has 33 heavy (non-hydrogen) atoms. The van der Waals surface area contributed by atoms with Gasteiger partial charge in [0.2, 0.25) is 0 Å². The first kappa shape index (κ1) is 23.5. The van der Waals surface area contributed by atoms with Crippen molar-refractivity contribution in [2.45, 2.75) is 20.3 Å². The number of hydrogen-bond donors (Lipinski definition) is 1. The van der Waals surface area contributed by atoms with E-state index in [1.165, 1.54) is 6.21 Å². The van der Waals surface area contributed by atoms with Crippen LogP contribution in [0.2, 0.25) is 0 Å². The summed E-state index contributed by atoms with van der Waals surface area (Å²) in [7, 11) is 0. The van der Waals surface area contributed by atoms with E-state index >= 15 is 0 Å². The summed E-state index contributed by atoms with van der Waals surface area (Å²) in [6, 6.07) is 21.0. The quantitative estimate of drug-likeness (QED) is 0.214. The van der Waals surface area contributed by atoms with Crippen molar-refractivity contribution < 1.29 is 23.8 Å². The zero-order valence-corrected chi connectivity index (χ0v) is 18.6. The molecule has 0 spiro atoms. The van der Waals surface area contributed by atoms with Crippen molar-refractivity contribution in [1.82, 2.24) is 5.43 Å². The molecular weight excluding hydrogens is 420 g/mol. The van der Waals surface area contributed by atoms with Crippen LogP contribution in [0.4, 0.5) is 0 Å². The molecule has 0 aromatic heterocycles. The van der Waals surface area contributed by atoms with Gasteiger partial charge in [0, 0.05) is 0 Å². The van der Waals surface area contributed by atoms with Gasteiger partial charge in [-0.25, -0.2) is 10.2 Å². The van der Waals surface area contributed by atoms with Crippen molar-refractivity contribution in [2.24, 2.45) is 5.10 Å². The summed E-state index contributed by atoms with van der Waals surface area (Å²) in [5.74, 6) is 0.911. The molecule has 7 heteroatoms. The van der Waals surface area contributed by atoms with E-state index in [4.69, 9.17) is 14.2 Å². The average Bonchev–Trinajstić information content (AvgIpc) is 2.83. The van der Waals surface area contributed by atoms with Gasteiger partial charge in [-0.05, 0) is 85.1 Å². The van der Waals surface area contributed by atoms with Gasteiger partial charge in [-0.3, -0.25) is 4.79 Å². The van der Waals surface area contributed by atoms with Crippen LogP contribution in [0.5, 0.6) is 17.2 Å². The summed E-state index contributed by atoms with van der Waals surface area (Å²) in [5, 5.41) is 3.91. The lowest BCUT2D eigenvalue weighted by molar-refractivity contribution is -0.123. The fourth-order valence-corrected chi connectivity index (χ4v) is 2.76. The Hall–Kier alpha value is -4.13. The van der Waals surface area contributed by atoms with Crippen LogP contribution in [-0.4, -0.2) is 31.3 Å². The number of hydrogen-bond acceptors (Lipinski definition) is 6. The molecule has 0 unspecified atom stereocenters. The summed E-state index contributed by atoms with van der Waals surface area (Å²) in [6.45, 7) is 4.47. The summed E-state index contributed by atoms with van der Waals surface area (Å²) < 4.78 is 16.3. The topological polar surface area (TPSA) is 86.2 Å². The molecular formula is C26H26N2O5. The molecule has 0 fully saturated rings. The molecule has 0 aliphatic rings. The van der Waals surface area contributed by atoms with Crippen molar-refractivity contribution in [3.63, 3.8) is 0 Å². The smallest absolute Gasteiger partial charge is 0.343 e. The van der Waals surface area contributed by atoms with E-state index in [-0.39, 0.29) is 12.5 Å². The van der Waals surface area contributed by atoms with Gasteiger partial charge in [0.15, 0.2) is 6.61 Å². The number of rotatable bonds is 10. The highest BCUT2D eigenvalue weighted by Gasteiger charge is 2.09. The largest absolute Gasteiger partial charge is 0.494 e. The number of hydrazone groups is 1. The minimum Gasteiger partial charge on any atom is -0.494 e. The molecule has 3 rings (SSSR count). The Morgan fingerprint density at radius 2 is 1.64 bits per heavy atom. The molecule has 0 radical (unpaired) electrons. The lowest BCUT2D eigenvalue weighted by atomic mass is 10.2. The first-order valence-electron chi connectivity index (χ1n) is 10.6. The predicted molar refractivity (Wildman–Crippen MR) is 126 cm³/mol. The summed E-state index contributed by atoms with van der Waals surface area (Å²) >= 11 is 0. The van der Waals surface area contributed by atoms with Gasteiger partial charge in [0.1, 0.15) is 17.2 Å². The third-order valence-electron chi connectivity index (χ3n) is 4.42. The van der Waals surface area contributed by atoms with Gasteiger partial charge < -0.3 is 14.2 Å². The zero-order chi connectivity index (χ0) is 23.5. The van der Waals surface area contributed by atoms with Crippen LogP contribution in [0, 0.1) is 6.92 Å². The predicted octanol–water partition coefficient (Wildman–Crippen LogP) is 4.53. The number of benzene rings is 3. The Bertz CT molecular complexity index is 1090. The van der Waals surface area contributed by atoms with E-state index in [0.717, 1.165) is 17.5 Å². The molecule has 0 aliphatic carbocycles. The second-order valence-corrected chi connectivity index (χ2v) is 7.23. The fourth-order valence-electron chi connectivity index (χ4n) is 2.76. The Kier molecular flexibility index (Phi) is 8.59. The van der Waals surface area contributed by atoms with Crippen LogP contribution in [0.3, 0.4) is 0 Å². The van der Waals surface area contributed by atoms with E-state index in [1.54, 1.807) is 54.6 Å². The van der Waals surface area contributed by atoms with Crippen LogP contribution in [-0.2, 0) is 4.79 Å². The molecule has 3 aromatic carbocycles. The Morgan fingerprint density at radius 1 is 0.909 bits per heavy atom. The minimum atomic E-state index is -0.459. The van der Waals surface area contributed by atoms with Crippen LogP contribution >= 0.6 is 0 Å². The van der Waals surface area contributed by atoms with Gasteiger partial charge in [0.05, 0.1) is 18.4 Å². The SMILES string of the molecule is CCCOc1ccc(C(=O)Oc2ccc(C=NNC(=O)COc3cccc(C)c3)cc2)cc1. The van der Waals surface area contributed by atoms with Crippen molar-refractivity contribution in [3.05, 3.63) is 89.5 Å². The molecule has 170 valence electrons. The highest BCUT2D eigenvalue weighted by molar-refractivity contribution is 5.91. The third-order valence-corrected chi connectivity index (χ3v) is 4.42. The number of nitrogens with one attached hydrogen (secondary N) is 1. The number of nitrogens with zero attached hydrogens (tertiary/aromatic N) is 1. The maximum atomic E-state index is 12.3. The van der Waals surface area contributed by atoms with Crippen LogP contribution < -0.4 is 19.6 Å². The lowest BCUT2D eigenvalue weighted by Gasteiger charge is -2.07. The Balaban J connectivity index is 1.45. The van der Waals surface area contributed by atoms with E-state index in [1.807, 2.05) is 32.0 Å². The molecule has 0 saturated carbocycles. The number of carbonyl (C=O) groups excluding carboxylic acids is 2. The first-order valence-corrected chi connectivity index (χ1v) is 10.6. The Morgan fingerprint density at radius 3 is 2.33 bits per heavy atom. The molecule has 1 amide bonds. The molecule has 7 nitrogen and oxygen atoms in total. The van der Waals surface area contributed by atoms with Gasteiger partial charge in [-0.2, -0.15) is 5.10 Å². The highest BCUT2D eigenvalue weighted by Crippen LogP contribution is 2.17. The Labute approximate surface area is 193 Å². The summed E-state index contributed by atoms with van der Waals surface area (Å²) in [6.07, 6.45) is 2.41. The summed E-state index contributed by atoms with van der Waals surface area (Å²) in [4.78, 5) is 24.2. The average molecular weight is 447 g/mol. The lowest BCUT2D eigenvalue weighted by Crippen LogP contribution is -2.24. The molecule has 0 saturated heterocycles. The molecule has 0 heterocycles. The number of carbonyl (C=O) groups is 2. The highest BCUT2D eigenvalue weighted by atomic mass is 16.5. The molecule has 0 atom stereocenters. The number of ether oxygens (including phenoxy) is 3. The van der Waals surface area contributed by atoms with Crippen molar-refractivity contribution >= 4 is 18.1 Å². The van der Waals surface area contributed by atoms with E-state index in [9.17, 15) is 9.59 Å². The monoisotopic (exact) mass is 446 g/mol. The summed E-state index contributed by atoms with van der Waals surface area (Å²) in [5.41, 5.74) is 4.62. The van der Waals surface area contributed by atoms with Crippen molar-refractivity contribution in [1.29, 1.82) is 0 Å². The van der Waals surface area contributed by atoms with E-state index in [0.29, 0.717) is 29.4 Å². The number of amides is 1. The zero-order valence-electron chi connectivity index (χ0n) is 18.6. The van der Waals surface area contributed by atoms with Crippen LogP contribution in [0.1, 0.15) is 34.8 Å². The van der Waals surface area contributed by atoms with E-state index < -0.39 is 5.97 Å². The molecule has 0 aliphatic heterocycles. The van der Waals surface area contributed by atoms with Gasteiger partial charge in [0.25, 0.3) is 5.91 Å². The minimum absolute atomic E-state index is 0.138. The number of esters is 1. The first-order chi connectivity index (χ1) is 16.0. The van der Waals surface area contributed by atoms with Gasteiger partial charge in [-0.15, -0.1) is 0 Å². The second kappa shape index (κ2) is 12.0. The van der Waals surface area contributed by atoms with Crippen LogP contribution in [0.15, 0.2) is 77.9 Å². The van der Waals surface area contributed by atoms with E-state index in [2.05, 4.69) is 10.5 Å². The van der Waals surface area contributed by atoms with Crippen molar-refractivity contribution in [2.75, 3.05) is 13.2 Å².